The number of hydrogen-bond donors (Lipinski definition) is 2. The van der Waals surface area contributed by atoms with Crippen LogP contribution in [-0.2, 0) is 9.47 Å². The molecule has 1 aliphatic heterocycles. The molecule has 4 nitrogen and oxygen atoms in total. The van der Waals surface area contributed by atoms with Crippen molar-refractivity contribution in [3.8, 4) is 0 Å². The Morgan fingerprint density at radius 2 is 2.00 bits per heavy atom. The lowest BCUT2D eigenvalue weighted by molar-refractivity contribution is -0.207. The molecule has 0 saturated carbocycles. The number of hydrogen-bond acceptors (Lipinski definition) is 4. The van der Waals surface area contributed by atoms with Crippen molar-refractivity contribution < 1.29 is 19.7 Å². The largest absolute Gasteiger partial charge is 0.394 e. The summed E-state index contributed by atoms with van der Waals surface area (Å²) in [7, 11) is 1.57. The Bertz CT molecular complexity index is 162. The predicted octanol–water partition coefficient (Wildman–Crippen LogP) is -0.222. The van der Waals surface area contributed by atoms with E-state index < -0.39 is 12.2 Å². The highest BCUT2D eigenvalue weighted by Gasteiger charge is 2.40. The van der Waals surface area contributed by atoms with Gasteiger partial charge >= 0.3 is 0 Å². The molecule has 0 aliphatic carbocycles. The fourth-order valence-corrected chi connectivity index (χ4v) is 1.77. The Kier molecular flexibility index (Phi) is 3.67. The molecular formula is C9H18O4. The van der Waals surface area contributed by atoms with Crippen LogP contribution in [0.15, 0.2) is 0 Å². The molecule has 0 radical (unpaired) electrons. The van der Waals surface area contributed by atoms with Crippen LogP contribution in [0, 0.1) is 5.92 Å². The third kappa shape index (κ3) is 2.02. The predicted molar refractivity (Wildman–Crippen MR) is 47.4 cm³/mol. The molecule has 0 aromatic heterocycles. The lowest BCUT2D eigenvalue weighted by Crippen LogP contribution is -2.54. The van der Waals surface area contributed by atoms with Crippen LogP contribution in [0.25, 0.3) is 0 Å². The number of ether oxygens (including phenoxy) is 2. The summed E-state index contributed by atoms with van der Waals surface area (Å²) in [6, 6.07) is 0. The number of methoxy groups -OCH3 is 1. The van der Waals surface area contributed by atoms with E-state index >= 15 is 0 Å². The van der Waals surface area contributed by atoms with Gasteiger partial charge in [-0.3, -0.25) is 0 Å². The summed E-state index contributed by atoms with van der Waals surface area (Å²) in [4.78, 5) is 0. The molecule has 1 heterocycles. The topological polar surface area (TPSA) is 58.9 Å². The Labute approximate surface area is 78.5 Å². The van der Waals surface area contributed by atoms with Crippen LogP contribution >= 0.6 is 0 Å². The molecule has 2 N–H and O–H groups in total. The molecule has 0 aromatic carbocycles. The molecular weight excluding hydrogens is 172 g/mol. The van der Waals surface area contributed by atoms with E-state index in [4.69, 9.17) is 14.6 Å². The molecule has 0 aromatic rings. The van der Waals surface area contributed by atoms with Crippen LogP contribution in [0.2, 0.25) is 0 Å². The van der Waals surface area contributed by atoms with Crippen LogP contribution in [0.3, 0.4) is 0 Å². The summed E-state index contributed by atoms with van der Waals surface area (Å²) in [5.41, 5.74) is 0. The van der Waals surface area contributed by atoms with Crippen LogP contribution < -0.4 is 0 Å². The van der Waals surface area contributed by atoms with Crippen molar-refractivity contribution in [3.63, 3.8) is 0 Å². The summed E-state index contributed by atoms with van der Waals surface area (Å²) in [5, 5.41) is 18.6. The standard InChI is InChI=1S/C9H18O4/c1-5-6(2)13-7(4-10)8(11)9(5)12-3/h5-11H,4H2,1-3H3/t5?,6-,7?,8?,9?/m1/s1. The van der Waals surface area contributed by atoms with E-state index in [-0.39, 0.29) is 24.7 Å². The Hall–Kier alpha value is -0.160. The van der Waals surface area contributed by atoms with Crippen LogP contribution in [-0.4, -0.2) is 48.3 Å². The van der Waals surface area contributed by atoms with E-state index in [0.29, 0.717) is 0 Å². The maximum atomic E-state index is 9.71. The van der Waals surface area contributed by atoms with Crippen molar-refractivity contribution in [3.05, 3.63) is 0 Å². The second-order valence-corrected chi connectivity index (χ2v) is 3.61. The minimum Gasteiger partial charge on any atom is -0.394 e. The van der Waals surface area contributed by atoms with Crippen molar-refractivity contribution >= 4 is 0 Å². The highest BCUT2D eigenvalue weighted by Crippen LogP contribution is 2.27. The quantitative estimate of drug-likeness (QED) is 0.632. The van der Waals surface area contributed by atoms with E-state index in [2.05, 4.69) is 0 Å². The SMILES string of the molecule is COC1C(O)C(CO)O[C@H](C)C1C. The Morgan fingerprint density at radius 1 is 1.38 bits per heavy atom. The van der Waals surface area contributed by atoms with E-state index in [1.807, 2.05) is 13.8 Å². The maximum absolute atomic E-state index is 9.71. The van der Waals surface area contributed by atoms with E-state index in [1.165, 1.54) is 0 Å². The summed E-state index contributed by atoms with van der Waals surface area (Å²) in [6.07, 6.45) is -1.50. The first-order chi connectivity index (χ1) is 6.11. The van der Waals surface area contributed by atoms with Crippen molar-refractivity contribution in [2.24, 2.45) is 5.92 Å². The minimum atomic E-state index is -0.735. The molecule has 4 heteroatoms. The Morgan fingerprint density at radius 3 is 2.46 bits per heavy atom. The summed E-state index contributed by atoms with van der Waals surface area (Å²) >= 11 is 0. The highest BCUT2D eigenvalue weighted by molar-refractivity contribution is 4.89. The van der Waals surface area contributed by atoms with Gasteiger partial charge in [-0.15, -0.1) is 0 Å². The first-order valence-corrected chi connectivity index (χ1v) is 4.59. The fraction of sp³-hybridized carbons (Fsp3) is 1.00. The molecule has 13 heavy (non-hydrogen) atoms. The van der Waals surface area contributed by atoms with Crippen LogP contribution in [0.5, 0.6) is 0 Å². The molecule has 0 spiro atoms. The average molecular weight is 190 g/mol. The number of aliphatic hydroxyl groups is 2. The second-order valence-electron chi connectivity index (χ2n) is 3.61. The molecule has 1 rings (SSSR count). The summed E-state index contributed by atoms with van der Waals surface area (Å²) in [6.45, 7) is 3.72. The van der Waals surface area contributed by atoms with Gasteiger partial charge < -0.3 is 19.7 Å². The molecule has 78 valence electrons. The molecule has 5 atom stereocenters. The van der Waals surface area contributed by atoms with Gasteiger partial charge in [-0.05, 0) is 6.92 Å². The van der Waals surface area contributed by atoms with Gasteiger partial charge in [0, 0.05) is 13.0 Å². The minimum absolute atomic E-state index is 0.00509. The molecule has 1 aliphatic rings. The Balaban J connectivity index is 2.69. The van der Waals surface area contributed by atoms with E-state index in [1.54, 1.807) is 7.11 Å². The monoisotopic (exact) mass is 190 g/mol. The zero-order chi connectivity index (χ0) is 10.0. The second kappa shape index (κ2) is 4.37. The van der Waals surface area contributed by atoms with E-state index in [9.17, 15) is 5.11 Å². The first kappa shape index (κ1) is 10.9. The highest BCUT2D eigenvalue weighted by atomic mass is 16.5. The van der Waals surface area contributed by atoms with Gasteiger partial charge in [-0.1, -0.05) is 6.92 Å². The molecule has 1 saturated heterocycles. The number of aliphatic hydroxyl groups excluding tert-OH is 2. The molecule has 1 fully saturated rings. The summed E-state index contributed by atoms with van der Waals surface area (Å²) < 4.78 is 10.6. The van der Waals surface area contributed by atoms with Crippen LogP contribution in [0.4, 0.5) is 0 Å². The van der Waals surface area contributed by atoms with Gasteiger partial charge in [0.1, 0.15) is 12.2 Å². The maximum Gasteiger partial charge on any atom is 0.109 e. The normalized spacial score (nSPS) is 46.4. The van der Waals surface area contributed by atoms with Gasteiger partial charge in [0.2, 0.25) is 0 Å². The number of rotatable bonds is 2. The van der Waals surface area contributed by atoms with Gasteiger partial charge in [0.15, 0.2) is 0 Å². The smallest absolute Gasteiger partial charge is 0.109 e. The average Bonchev–Trinajstić information content (AvgIpc) is 2.12. The zero-order valence-electron chi connectivity index (χ0n) is 8.30. The van der Waals surface area contributed by atoms with Gasteiger partial charge in [0.05, 0.1) is 18.8 Å². The lowest BCUT2D eigenvalue weighted by atomic mass is 9.89. The lowest BCUT2D eigenvalue weighted by Gasteiger charge is -2.41. The first-order valence-electron chi connectivity index (χ1n) is 4.59. The van der Waals surface area contributed by atoms with Crippen molar-refractivity contribution in [2.45, 2.75) is 38.3 Å². The third-order valence-electron chi connectivity index (χ3n) is 2.82. The van der Waals surface area contributed by atoms with Gasteiger partial charge in [-0.2, -0.15) is 0 Å². The van der Waals surface area contributed by atoms with Crippen molar-refractivity contribution in [1.82, 2.24) is 0 Å². The van der Waals surface area contributed by atoms with Crippen LogP contribution in [0.1, 0.15) is 13.8 Å². The zero-order valence-corrected chi connectivity index (χ0v) is 8.30. The molecule has 0 bridgehead atoms. The third-order valence-corrected chi connectivity index (χ3v) is 2.82. The molecule has 4 unspecified atom stereocenters. The van der Waals surface area contributed by atoms with Crippen molar-refractivity contribution in [1.29, 1.82) is 0 Å². The van der Waals surface area contributed by atoms with Gasteiger partial charge in [-0.25, -0.2) is 0 Å². The summed E-state index contributed by atoms with van der Waals surface area (Å²) in [5.74, 6) is 0.141. The van der Waals surface area contributed by atoms with E-state index in [0.717, 1.165) is 0 Å². The fourth-order valence-electron chi connectivity index (χ4n) is 1.77. The molecule has 0 amide bonds. The van der Waals surface area contributed by atoms with Crippen molar-refractivity contribution in [2.75, 3.05) is 13.7 Å². The van der Waals surface area contributed by atoms with Gasteiger partial charge in [0.25, 0.3) is 0 Å².